The molecule has 0 unspecified atom stereocenters. The molecule has 0 fully saturated rings. The van der Waals surface area contributed by atoms with Gasteiger partial charge in [0.15, 0.2) is 0 Å². The summed E-state index contributed by atoms with van der Waals surface area (Å²) in [6.07, 6.45) is 0. The molecule has 2 N–H and O–H groups in total. The van der Waals surface area contributed by atoms with Crippen molar-refractivity contribution in [3.63, 3.8) is 0 Å². The molecule has 8 heteroatoms. The Morgan fingerprint density at radius 2 is 2.00 bits per heavy atom. The van der Waals surface area contributed by atoms with E-state index in [0.29, 0.717) is 34.3 Å². The second kappa shape index (κ2) is 8.86. The van der Waals surface area contributed by atoms with E-state index in [4.69, 9.17) is 21.7 Å². The Labute approximate surface area is 171 Å². The lowest BCUT2D eigenvalue weighted by Crippen LogP contribution is -2.28. The van der Waals surface area contributed by atoms with E-state index in [-0.39, 0.29) is 5.97 Å². The fourth-order valence-corrected chi connectivity index (χ4v) is 3.42. The molecule has 0 saturated heterocycles. The molecule has 2 aromatic carbocycles. The van der Waals surface area contributed by atoms with E-state index in [2.05, 4.69) is 10.3 Å². The first kappa shape index (κ1) is 19.9. The third-order valence-electron chi connectivity index (χ3n) is 3.68. The third-order valence-corrected chi connectivity index (χ3v) is 4.87. The standard InChI is InChI=1S/C20H19ClN4O2S/c1-3-27-19(26)14-7-9-16(10-8-14)23-20(25-18(22)11-13(2)28-25)24-17-6-4-5-15(21)12-17/h4-12,22H,3H2,1-2H3,(H,23,24). The molecule has 3 aromatic rings. The number of hydrogen-bond donors (Lipinski definition) is 2. The Balaban J connectivity index is 1.97. The summed E-state index contributed by atoms with van der Waals surface area (Å²) in [4.78, 5) is 17.4. The molecule has 28 heavy (non-hydrogen) atoms. The number of hydrogen-bond acceptors (Lipinski definition) is 5. The molecule has 0 bridgehead atoms. The minimum Gasteiger partial charge on any atom is -0.462 e. The molecule has 0 atom stereocenters. The van der Waals surface area contributed by atoms with Gasteiger partial charge in [0.2, 0.25) is 5.96 Å². The Morgan fingerprint density at radius 1 is 1.25 bits per heavy atom. The van der Waals surface area contributed by atoms with E-state index in [0.717, 1.165) is 10.6 Å². The van der Waals surface area contributed by atoms with Crippen LogP contribution in [0.5, 0.6) is 0 Å². The number of nitrogens with one attached hydrogen (secondary N) is 2. The minimum absolute atomic E-state index is 0.318. The van der Waals surface area contributed by atoms with Gasteiger partial charge in [0.25, 0.3) is 0 Å². The SMILES string of the molecule is CCOC(=O)c1ccc(N=C(Nc2cccc(Cl)c2)n2sc(C)cc2=N)cc1. The zero-order chi connectivity index (χ0) is 20.1. The highest BCUT2D eigenvalue weighted by atomic mass is 35.5. The van der Waals surface area contributed by atoms with E-state index >= 15 is 0 Å². The minimum atomic E-state index is -0.369. The number of rotatable bonds is 4. The summed E-state index contributed by atoms with van der Waals surface area (Å²) in [5, 5.41) is 12.0. The van der Waals surface area contributed by atoms with E-state index in [1.165, 1.54) is 11.5 Å². The highest BCUT2D eigenvalue weighted by Crippen LogP contribution is 2.19. The van der Waals surface area contributed by atoms with Gasteiger partial charge in [0.05, 0.1) is 17.9 Å². The second-order valence-electron chi connectivity index (χ2n) is 5.86. The van der Waals surface area contributed by atoms with Gasteiger partial charge in [-0.2, -0.15) is 0 Å². The van der Waals surface area contributed by atoms with Gasteiger partial charge in [0, 0.05) is 15.6 Å². The van der Waals surface area contributed by atoms with Gasteiger partial charge in [-0.3, -0.25) is 5.41 Å². The number of carbonyl (C=O) groups excluding carboxylic acids is 1. The molecule has 0 aliphatic heterocycles. The smallest absolute Gasteiger partial charge is 0.338 e. The molecule has 0 spiro atoms. The molecule has 3 rings (SSSR count). The van der Waals surface area contributed by atoms with Gasteiger partial charge in [-0.05, 0) is 62.4 Å². The molecule has 144 valence electrons. The van der Waals surface area contributed by atoms with Crippen LogP contribution >= 0.6 is 23.1 Å². The van der Waals surface area contributed by atoms with Crippen LogP contribution < -0.4 is 10.8 Å². The van der Waals surface area contributed by atoms with Crippen LogP contribution in [0.2, 0.25) is 5.02 Å². The summed E-state index contributed by atoms with van der Waals surface area (Å²) < 4.78 is 6.69. The lowest BCUT2D eigenvalue weighted by molar-refractivity contribution is 0.0526. The number of benzene rings is 2. The number of aliphatic imine (C=N–C) groups is 1. The molecule has 0 amide bonds. The maximum Gasteiger partial charge on any atom is 0.338 e. The summed E-state index contributed by atoms with van der Waals surface area (Å²) in [6, 6.07) is 15.8. The average molecular weight is 415 g/mol. The quantitative estimate of drug-likeness (QED) is 0.365. The van der Waals surface area contributed by atoms with E-state index < -0.39 is 0 Å². The number of carbonyl (C=O) groups is 1. The summed E-state index contributed by atoms with van der Waals surface area (Å²) in [7, 11) is 0. The van der Waals surface area contributed by atoms with Gasteiger partial charge in [0.1, 0.15) is 5.49 Å². The predicted octanol–water partition coefficient (Wildman–Crippen LogP) is 4.82. The van der Waals surface area contributed by atoms with Crippen LogP contribution in [0.15, 0.2) is 59.6 Å². The van der Waals surface area contributed by atoms with Crippen molar-refractivity contribution in [3.05, 3.63) is 75.5 Å². The van der Waals surface area contributed by atoms with Crippen molar-refractivity contribution in [2.75, 3.05) is 11.9 Å². The van der Waals surface area contributed by atoms with E-state index in [1.54, 1.807) is 53.3 Å². The summed E-state index contributed by atoms with van der Waals surface area (Å²) in [6.45, 7) is 4.03. The third kappa shape index (κ3) is 4.88. The van der Waals surface area contributed by atoms with Crippen LogP contribution in [0.3, 0.4) is 0 Å². The summed E-state index contributed by atoms with van der Waals surface area (Å²) in [5.41, 5.74) is 2.17. The van der Waals surface area contributed by atoms with Crippen LogP contribution in [0, 0.1) is 12.3 Å². The zero-order valence-corrected chi connectivity index (χ0v) is 17.0. The van der Waals surface area contributed by atoms with Crippen molar-refractivity contribution in [2.45, 2.75) is 13.8 Å². The maximum absolute atomic E-state index is 11.8. The van der Waals surface area contributed by atoms with Crippen LogP contribution in [-0.4, -0.2) is 22.5 Å². The highest BCUT2D eigenvalue weighted by Gasteiger charge is 2.10. The molecule has 0 radical (unpaired) electrons. The number of aryl methyl sites for hydroxylation is 1. The Hall–Kier alpha value is -2.90. The first-order chi connectivity index (χ1) is 13.5. The van der Waals surface area contributed by atoms with Gasteiger partial charge in [-0.15, -0.1) is 0 Å². The molecule has 0 saturated carbocycles. The number of esters is 1. The molecular formula is C20H19ClN4O2S. The predicted molar refractivity (Wildman–Crippen MR) is 113 cm³/mol. The molecular weight excluding hydrogens is 396 g/mol. The van der Waals surface area contributed by atoms with Gasteiger partial charge in [-0.25, -0.2) is 13.7 Å². The van der Waals surface area contributed by atoms with Crippen molar-refractivity contribution < 1.29 is 9.53 Å². The van der Waals surface area contributed by atoms with Gasteiger partial charge < -0.3 is 10.1 Å². The monoisotopic (exact) mass is 414 g/mol. The zero-order valence-electron chi connectivity index (χ0n) is 15.4. The lowest BCUT2D eigenvalue weighted by Gasteiger charge is -2.11. The molecule has 1 aromatic heterocycles. The Bertz CT molecular complexity index is 1070. The van der Waals surface area contributed by atoms with Crippen molar-refractivity contribution in [2.24, 2.45) is 4.99 Å². The fourth-order valence-electron chi connectivity index (χ4n) is 2.46. The first-order valence-corrected chi connectivity index (χ1v) is 9.75. The van der Waals surface area contributed by atoms with Crippen molar-refractivity contribution in [3.8, 4) is 0 Å². The van der Waals surface area contributed by atoms with Crippen LogP contribution in [0.1, 0.15) is 22.2 Å². The van der Waals surface area contributed by atoms with Crippen molar-refractivity contribution >= 4 is 46.4 Å². The normalized spacial score (nSPS) is 11.3. The lowest BCUT2D eigenvalue weighted by atomic mass is 10.2. The molecule has 6 nitrogen and oxygen atoms in total. The maximum atomic E-state index is 11.8. The van der Waals surface area contributed by atoms with Crippen LogP contribution in [0.25, 0.3) is 0 Å². The van der Waals surface area contributed by atoms with E-state index in [9.17, 15) is 4.79 Å². The van der Waals surface area contributed by atoms with Crippen molar-refractivity contribution in [1.29, 1.82) is 5.41 Å². The summed E-state index contributed by atoms with van der Waals surface area (Å²) in [5.74, 6) is 0.0984. The summed E-state index contributed by atoms with van der Waals surface area (Å²) >= 11 is 7.49. The number of ether oxygens (including phenoxy) is 1. The first-order valence-electron chi connectivity index (χ1n) is 8.59. The van der Waals surface area contributed by atoms with Gasteiger partial charge in [-0.1, -0.05) is 29.2 Å². The second-order valence-corrected chi connectivity index (χ2v) is 7.49. The molecule has 0 aliphatic rings. The number of nitrogens with zero attached hydrogens (tertiary/aromatic N) is 2. The van der Waals surface area contributed by atoms with Crippen LogP contribution in [0.4, 0.5) is 11.4 Å². The largest absolute Gasteiger partial charge is 0.462 e. The molecule has 1 heterocycles. The van der Waals surface area contributed by atoms with Gasteiger partial charge >= 0.3 is 5.97 Å². The Kier molecular flexibility index (Phi) is 6.28. The highest BCUT2D eigenvalue weighted by molar-refractivity contribution is 7.07. The van der Waals surface area contributed by atoms with Crippen molar-refractivity contribution in [1.82, 2.24) is 3.96 Å². The number of anilines is 1. The number of aromatic nitrogens is 1. The fraction of sp³-hybridized carbons (Fsp3) is 0.150. The molecule has 0 aliphatic carbocycles. The Morgan fingerprint density at radius 3 is 2.61 bits per heavy atom. The number of halogens is 1. The average Bonchev–Trinajstić information content (AvgIpc) is 3.00. The topological polar surface area (TPSA) is 79.5 Å². The van der Waals surface area contributed by atoms with E-state index in [1.807, 2.05) is 19.1 Å². The van der Waals surface area contributed by atoms with Crippen LogP contribution in [-0.2, 0) is 4.74 Å².